The van der Waals surface area contributed by atoms with E-state index in [1.165, 1.54) is 6.33 Å². The van der Waals surface area contributed by atoms with Gasteiger partial charge in [-0.15, -0.1) is 0 Å². The predicted octanol–water partition coefficient (Wildman–Crippen LogP) is 1.05. The van der Waals surface area contributed by atoms with Crippen molar-refractivity contribution in [2.24, 2.45) is 0 Å². The topological polar surface area (TPSA) is 90.4 Å². The molecule has 2 heterocycles. The van der Waals surface area contributed by atoms with E-state index >= 15 is 0 Å². The molecule has 3 N–H and O–H groups in total. The standard InChI is InChI=1S/C11H9N3O3/c12-6-1-2-9-7(3-6)14-5-13-10(11(15)16)8(14)4-17-9/h1-3,5H,4,12H2,(H,15,16). The summed E-state index contributed by atoms with van der Waals surface area (Å²) in [7, 11) is 0. The Kier molecular flexibility index (Phi) is 1.85. The lowest BCUT2D eigenvalue weighted by Crippen LogP contribution is -2.15. The first-order valence-electron chi connectivity index (χ1n) is 4.99. The number of anilines is 1. The van der Waals surface area contributed by atoms with Gasteiger partial charge < -0.3 is 15.6 Å². The summed E-state index contributed by atoms with van der Waals surface area (Å²) < 4.78 is 7.17. The number of nitrogens with two attached hydrogens (primary N) is 1. The number of aromatic nitrogens is 2. The lowest BCUT2D eigenvalue weighted by Gasteiger charge is -2.20. The summed E-state index contributed by atoms with van der Waals surface area (Å²) in [5.74, 6) is -0.393. The Bertz CT molecular complexity index is 618. The van der Waals surface area contributed by atoms with Gasteiger partial charge in [-0.3, -0.25) is 4.57 Å². The highest BCUT2D eigenvalue weighted by Gasteiger charge is 2.24. The van der Waals surface area contributed by atoms with E-state index in [1.807, 2.05) is 0 Å². The number of imidazole rings is 1. The first-order valence-corrected chi connectivity index (χ1v) is 4.99. The third-order valence-electron chi connectivity index (χ3n) is 2.68. The van der Waals surface area contributed by atoms with Gasteiger partial charge in [-0.25, -0.2) is 9.78 Å². The molecular formula is C11H9N3O3. The molecule has 0 unspecified atom stereocenters. The highest BCUT2D eigenvalue weighted by atomic mass is 16.5. The van der Waals surface area contributed by atoms with E-state index in [-0.39, 0.29) is 12.3 Å². The van der Waals surface area contributed by atoms with Crippen LogP contribution in [0.5, 0.6) is 5.75 Å². The summed E-state index contributed by atoms with van der Waals surface area (Å²) >= 11 is 0. The molecule has 0 atom stereocenters. The second-order valence-electron chi connectivity index (χ2n) is 3.73. The van der Waals surface area contributed by atoms with Gasteiger partial charge in [0.05, 0.1) is 11.4 Å². The number of nitrogens with zero attached hydrogens (tertiary/aromatic N) is 2. The van der Waals surface area contributed by atoms with Gasteiger partial charge in [0.2, 0.25) is 0 Å². The van der Waals surface area contributed by atoms with Crippen LogP contribution in [0.3, 0.4) is 0 Å². The molecule has 0 bridgehead atoms. The molecule has 0 saturated carbocycles. The molecule has 0 saturated heterocycles. The van der Waals surface area contributed by atoms with Crippen LogP contribution >= 0.6 is 0 Å². The van der Waals surface area contributed by atoms with Gasteiger partial charge in [0.25, 0.3) is 0 Å². The van der Waals surface area contributed by atoms with E-state index in [1.54, 1.807) is 22.8 Å². The number of carboxylic acids is 1. The predicted molar refractivity (Wildman–Crippen MR) is 59.3 cm³/mol. The molecule has 6 nitrogen and oxygen atoms in total. The Morgan fingerprint density at radius 1 is 1.53 bits per heavy atom. The Morgan fingerprint density at radius 3 is 3.12 bits per heavy atom. The lowest BCUT2D eigenvalue weighted by molar-refractivity contribution is 0.0687. The smallest absolute Gasteiger partial charge is 0.356 e. The number of aromatic carboxylic acids is 1. The van der Waals surface area contributed by atoms with E-state index in [0.717, 1.165) is 0 Å². The second kappa shape index (κ2) is 3.24. The van der Waals surface area contributed by atoms with Crippen LogP contribution in [0.25, 0.3) is 5.69 Å². The van der Waals surface area contributed by atoms with Crippen LogP contribution in [0, 0.1) is 0 Å². The number of benzene rings is 1. The fourth-order valence-corrected chi connectivity index (χ4v) is 1.89. The number of nitrogen functional groups attached to an aromatic ring is 1. The maximum atomic E-state index is 11.0. The molecule has 0 spiro atoms. The maximum Gasteiger partial charge on any atom is 0.356 e. The van der Waals surface area contributed by atoms with Crippen molar-refractivity contribution in [3.05, 3.63) is 35.9 Å². The van der Waals surface area contributed by atoms with Gasteiger partial charge >= 0.3 is 5.97 Å². The van der Waals surface area contributed by atoms with Crippen LogP contribution in [-0.2, 0) is 6.61 Å². The molecular weight excluding hydrogens is 222 g/mol. The Balaban J connectivity index is 2.23. The maximum absolute atomic E-state index is 11.0. The van der Waals surface area contributed by atoms with Gasteiger partial charge in [0.15, 0.2) is 5.69 Å². The van der Waals surface area contributed by atoms with Crippen LogP contribution in [0.4, 0.5) is 5.69 Å². The van der Waals surface area contributed by atoms with Crippen molar-refractivity contribution in [2.75, 3.05) is 5.73 Å². The third-order valence-corrected chi connectivity index (χ3v) is 2.68. The fourth-order valence-electron chi connectivity index (χ4n) is 1.89. The molecule has 1 aromatic carbocycles. The number of ether oxygens (including phenoxy) is 1. The monoisotopic (exact) mass is 231 g/mol. The van der Waals surface area contributed by atoms with Crippen LogP contribution in [0.15, 0.2) is 24.5 Å². The zero-order valence-corrected chi connectivity index (χ0v) is 8.75. The quantitative estimate of drug-likeness (QED) is 0.716. The highest BCUT2D eigenvalue weighted by molar-refractivity contribution is 5.87. The first kappa shape index (κ1) is 9.71. The summed E-state index contributed by atoms with van der Waals surface area (Å²) in [4.78, 5) is 14.8. The molecule has 1 aliphatic heterocycles. The van der Waals surface area contributed by atoms with Crippen molar-refractivity contribution in [3.8, 4) is 11.4 Å². The number of hydrogen-bond donors (Lipinski definition) is 2. The van der Waals surface area contributed by atoms with Crippen molar-refractivity contribution >= 4 is 11.7 Å². The summed E-state index contributed by atoms with van der Waals surface area (Å²) in [6, 6.07) is 5.22. The first-order chi connectivity index (χ1) is 8.16. The van der Waals surface area contributed by atoms with E-state index < -0.39 is 5.97 Å². The van der Waals surface area contributed by atoms with Crippen molar-refractivity contribution in [2.45, 2.75) is 6.61 Å². The summed E-state index contributed by atoms with van der Waals surface area (Å²) in [6.45, 7) is 0.193. The van der Waals surface area contributed by atoms with Crippen LogP contribution in [-0.4, -0.2) is 20.6 Å². The summed E-state index contributed by atoms with van der Waals surface area (Å²) in [5.41, 5.74) is 7.54. The highest BCUT2D eigenvalue weighted by Crippen LogP contribution is 2.32. The van der Waals surface area contributed by atoms with Gasteiger partial charge in [0.1, 0.15) is 18.7 Å². The molecule has 86 valence electrons. The molecule has 0 amide bonds. The molecule has 0 fully saturated rings. The second-order valence-corrected chi connectivity index (χ2v) is 3.73. The zero-order chi connectivity index (χ0) is 12.0. The Labute approximate surface area is 96.3 Å². The number of rotatable bonds is 1. The minimum Gasteiger partial charge on any atom is -0.485 e. The van der Waals surface area contributed by atoms with Crippen LogP contribution in [0.2, 0.25) is 0 Å². The molecule has 0 aliphatic carbocycles. The molecule has 17 heavy (non-hydrogen) atoms. The average Bonchev–Trinajstić information content (AvgIpc) is 2.72. The van der Waals surface area contributed by atoms with Gasteiger partial charge in [-0.2, -0.15) is 0 Å². The third kappa shape index (κ3) is 1.34. The normalized spacial score (nSPS) is 12.5. The van der Waals surface area contributed by atoms with Crippen molar-refractivity contribution in [1.82, 2.24) is 9.55 Å². The molecule has 0 radical (unpaired) electrons. The Hall–Kier alpha value is -2.50. The van der Waals surface area contributed by atoms with Crippen LogP contribution < -0.4 is 10.5 Å². The van der Waals surface area contributed by atoms with Gasteiger partial charge in [0, 0.05) is 5.69 Å². The number of fused-ring (bicyclic) bond motifs is 3. The molecule has 1 aromatic heterocycles. The number of carboxylic acid groups (broad SMARTS) is 1. The molecule has 3 rings (SSSR count). The van der Waals surface area contributed by atoms with Crippen molar-refractivity contribution < 1.29 is 14.6 Å². The largest absolute Gasteiger partial charge is 0.485 e. The SMILES string of the molecule is Nc1ccc2c(c1)-n1cnc(C(=O)O)c1CO2. The van der Waals surface area contributed by atoms with Crippen LogP contribution in [0.1, 0.15) is 16.2 Å². The molecule has 1 aliphatic rings. The minimum atomic E-state index is -1.06. The van der Waals surface area contributed by atoms with Gasteiger partial charge in [-0.05, 0) is 18.2 Å². The Morgan fingerprint density at radius 2 is 2.35 bits per heavy atom. The van der Waals surface area contributed by atoms with Crippen molar-refractivity contribution in [3.63, 3.8) is 0 Å². The van der Waals surface area contributed by atoms with E-state index in [4.69, 9.17) is 15.6 Å². The number of hydrogen-bond acceptors (Lipinski definition) is 4. The number of carbonyl (C=O) groups is 1. The van der Waals surface area contributed by atoms with E-state index in [2.05, 4.69) is 4.98 Å². The van der Waals surface area contributed by atoms with Gasteiger partial charge in [-0.1, -0.05) is 0 Å². The minimum absolute atomic E-state index is 0.0121. The lowest BCUT2D eigenvalue weighted by atomic mass is 10.2. The summed E-state index contributed by atoms with van der Waals surface area (Å²) in [6.07, 6.45) is 1.47. The van der Waals surface area contributed by atoms with E-state index in [9.17, 15) is 4.79 Å². The average molecular weight is 231 g/mol. The summed E-state index contributed by atoms with van der Waals surface area (Å²) in [5, 5.41) is 8.98. The van der Waals surface area contributed by atoms with Crippen molar-refractivity contribution in [1.29, 1.82) is 0 Å². The fraction of sp³-hybridized carbons (Fsp3) is 0.0909. The zero-order valence-electron chi connectivity index (χ0n) is 8.75. The van der Waals surface area contributed by atoms with E-state index in [0.29, 0.717) is 22.8 Å². The molecule has 2 aromatic rings. The molecule has 6 heteroatoms.